The van der Waals surface area contributed by atoms with E-state index in [-0.39, 0.29) is 17.8 Å². The first-order valence-corrected chi connectivity index (χ1v) is 13.4. The second kappa shape index (κ2) is 12.8. The van der Waals surface area contributed by atoms with Crippen molar-refractivity contribution in [2.45, 2.75) is 24.8 Å². The molecule has 4 aromatic rings. The molecule has 44 heavy (non-hydrogen) atoms. The molecule has 4 N–H and O–H groups in total. The van der Waals surface area contributed by atoms with E-state index in [1.165, 1.54) is 60.7 Å². The van der Waals surface area contributed by atoms with Crippen LogP contribution in [-0.2, 0) is 14.3 Å². The Balaban J connectivity index is 1.44. The van der Waals surface area contributed by atoms with Gasteiger partial charge in [-0.2, -0.15) is 13.5 Å². The number of H-pyrrole nitrogens is 1. The van der Waals surface area contributed by atoms with E-state index in [0.717, 1.165) is 6.08 Å². The van der Waals surface area contributed by atoms with Crippen molar-refractivity contribution in [3.63, 3.8) is 0 Å². The number of imidazole rings is 1. The number of tetrazole rings is 1. The van der Waals surface area contributed by atoms with E-state index in [0.29, 0.717) is 33.4 Å². The van der Waals surface area contributed by atoms with Crippen LogP contribution < -0.4 is 16.0 Å². The van der Waals surface area contributed by atoms with Crippen LogP contribution in [0.5, 0.6) is 0 Å². The zero-order chi connectivity index (χ0) is 31.3. The number of allylic oxidation sites excluding steroid dienone is 1. The largest absolute Gasteiger partial charge is 0.453 e. The number of alkyl halides is 2. The fourth-order valence-electron chi connectivity index (χ4n) is 4.31. The van der Waals surface area contributed by atoms with Gasteiger partial charge in [0.15, 0.2) is 0 Å². The second-order valence-electron chi connectivity index (χ2n) is 9.48. The summed E-state index contributed by atoms with van der Waals surface area (Å²) in [5.74, 6) is -5.45. The Morgan fingerprint density at radius 3 is 2.82 bits per heavy atom. The molecule has 16 heteroatoms. The number of hydrogen-bond donors (Lipinski definition) is 4. The lowest BCUT2D eigenvalue weighted by Crippen LogP contribution is -2.34. The SMILES string of the molecule is COC(=O)Nc1ccc2c(c1)NC(=O)C(F)(F)CC=CCC(NC(=O)C=Cc1cc(Cl)ccc1-n1cnnn1)c1ncc-2[nH]1. The third-order valence-electron chi connectivity index (χ3n) is 6.48. The van der Waals surface area contributed by atoms with E-state index in [1.807, 2.05) is 0 Å². The number of methoxy groups -OCH3 is 1. The summed E-state index contributed by atoms with van der Waals surface area (Å²) in [6.45, 7) is 0. The Labute approximate surface area is 253 Å². The highest BCUT2D eigenvalue weighted by atomic mass is 35.5. The van der Waals surface area contributed by atoms with Crippen LogP contribution in [0.15, 0.2) is 67.2 Å². The van der Waals surface area contributed by atoms with Crippen molar-refractivity contribution in [1.82, 2.24) is 35.5 Å². The van der Waals surface area contributed by atoms with Crippen LogP contribution in [0, 0.1) is 0 Å². The summed E-state index contributed by atoms with van der Waals surface area (Å²) in [6.07, 6.45) is 6.69. The Kier molecular flexibility index (Phi) is 8.76. The first kappa shape index (κ1) is 30.0. The number of halogens is 3. The van der Waals surface area contributed by atoms with E-state index in [4.69, 9.17) is 11.6 Å². The van der Waals surface area contributed by atoms with Gasteiger partial charge in [-0.05, 0) is 59.3 Å². The van der Waals surface area contributed by atoms with Crippen LogP contribution in [0.2, 0.25) is 5.02 Å². The van der Waals surface area contributed by atoms with Crippen molar-refractivity contribution in [2.75, 3.05) is 17.7 Å². The molecule has 2 aromatic carbocycles. The van der Waals surface area contributed by atoms with E-state index in [2.05, 4.69) is 46.2 Å². The number of anilines is 2. The van der Waals surface area contributed by atoms with Gasteiger partial charge >= 0.3 is 12.0 Å². The number of aromatic nitrogens is 6. The van der Waals surface area contributed by atoms with Gasteiger partial charge in [0.25, 0.3) is 5.91 Å². The molecule has 0 radical (unpaired) electrons. The quantitative estimate of drug-likeness (QED) is 0.183. The van der Waals surface area contributed by atoms with E-state index in [1.54, 1.807) is 18.2 Å². The van der Waals surface area contributed by atoms with Gasteiger partial charge in [-0.3, -0.25) is 14.9 Å². The minimum atomic E-state index is -3.75. The number of nitrogens with zero attached hydrogens (tertiary/aromatic N) is 5. The molecule has 1 aliphatic heterocycles. The molecule has 1 atom stereocenters. The maximum absolute atomic E-state index is 14.8. The zero-order valence-corrected chi connectivity index (χ0v) is 23.7. The number of aromatic amines is 1. The number of benzene rings is 2. The van der Waals surface area contributed by atoms with Gasteiger partial charge in [0.2, 0.25) is 5.91 Å². The molecule has 2 bridgehead atoms. The molecule has 0 aliphatic carbocycles. The molecular formula is C28H24ClF2N9O4. The van der Waals surface area contributed by atoms with Crippen LogP contribution in [0.4, 0.5) is 25.0 Å². The third-order valence-corrected chi connectivity index (χ3v) is 6.71. The molecule has 13 nitrogen and oxygen atoms in total. The predicted molar refractivity (Wildman–Crippen MR) is 156 cm³/mol. The zero-order valence-electron chi connectivity index (χ0n) is 22.9. The minimum absolute atomic E-state index is 0.00886. The monoisotopic (exact) mass is 623 g/mol. The van der Waals surface area contributed by atoms with E-state index >= 15 is 0 Å². The number of carbonyl (C=O) groups is 3. The van der Waals surface area contributed by atoms with Crippen molar-refractivity contribution >= 4 is 47.0 Å². The highest BCUT2D eigenvalue weighted by molar-refractivity contribution is 6.30. The van der Waals surface area contributed by atoms with Gasteiger partial charge in [0.1, 0.15) is 12.2 Å². The summed E-state index contributed by atoms with van der Waals surface area (Å²) in [5.41, 5.74) is 2.01. The smallest absolute Gasteiger partial charge is 0.411 e. The van der Waals surface area contributed by atoms with Crippen LogP contribution in [0.3, 0.4) is 0 Å². The first-order valence-electron chi connectivity index (χ1n) is 13.0. The lowest BCUT2D eigenvalue weighted by molar-refractivity contribution is -0.139. The number of rotatable bonds is 5. The summed E-state index contributed by atoms with van der Waals surface area (Å²) in [6, 6.07) is 8.58. The van der Waals surface area contributed by atoms with Gasteiger partial charge in [-0.15, -0.1) is 5.10 Å². The number of carbonyl (C=O) groups excluding carboxylic acids is 3. The maximum atomic E-state index is 14.8. The summed E-state index contributed by atoms with van der Waals surface area (Å²) >= 11 is 6.16. The Morgan fingerprint density at radius 1 is 1.20 bits per heavy atom. The summed E-state index contributed by atoms with van der Waals surface area (Å²) in [5, 5.41) is 19.1. The molecule has 0 fully saturated rings. The molecule has 1 aliphatic rings. The van der Waals surface area contributed by atoms with Gasteiger partial charge in [0.05, 0.1) is 36.4 Å². The normalized spacial score (nSPS) is 16.2. The molecule has 226 valence electrons. The molecule has 0 saturated heterocycles. The molecule has 2 aromatic heterocycles. The minimum Gasteiger partial charge on any atom is -0.453 e. The topological polar surface area (TPSA) is 169 Å². The third kappa shape index (κ3) is 6.95. The number of amides is 3. The molecule has 3 amide bonds. The molecule has 1 unspecified atom stereocenters. The van der Waals surface area contributed by atoms with Crippen molar-refractivity contribution in [3.8, 4) is 16.9 Å². The first-order chi connectivity index (χ1) is 21.1. The second-order valence-corrected chi connectivity index (χ2v) is 9.92. The highest BCUT2D eigenvalue weighted by Crippen LogP contribution is 2.33. The summed E-state index contributed by atoms with van der Waals surface area (Å²) < 4.78 is 35.5. The average Bonchev–Trinajstić information content (AvgIpc) is 3.71. The predicted octanol–water partition coefficient (Wildman–Crippen LogP) is 4.68. The van der Waals surface area contributed by atoms with Gasteiger partial charge < -0.3 is 20.4 Å². The van der Waals surface area contributed by atoms with Gasteiger partial charge in [-0.25, -0.2) is 9.78 Å². The standard InChI is InChI=1S/C28H24ClF2N9O4/c1-44-27(43)34-18-7-8-19-21(13-18)37-26(42)28(30,31)11-3-2-4-20(25-32-14-22(19)36-25)35-24(41)10-5-16-12-17(29)6-9-23(16)40-15-33-38-39-40/h2-3,5-10,12-15,20H,4,11H2,1H3,(H,32,36)(H,34,43)(H,35,41)(H,37,42). The number of hydrogen-bond acceptors (Lipinski definition) is 8. The molecule has 0 saturated carbocycles. The lowest BCUT2D eigenvalue weighted by Gasteiger charge is -2.17. The fourth-order valence-corrected chi connectivity index (χ4v) is 4.49. The molecular weight excluding hydrogens is 600 g/mol. The van der Waals surface area contributed by atoms with Crippen molar-refractivity contribution < 1.29 is 27.9 Å². The molecule has 0 spiro atoms. The number of ether oxygens (including phenoxy) is 1. The fraction of sp³-hybridized carbons (Fsp3) is 0.179. The van der Waals surface area contributed by atoms with Crippen molar-refractivity contribution in [1.29, 1.82) is 0 Å². The van der Waals surface area contributed by atoms with Crippen LogP contribution >= 0.6 is 11.6 Å². The highest BCUT2D eigenvalue weighted by Gasteiger charge is 2.38. The number of nitrogens with one attached hydrogen (secondary N) is 4. The van der Waals surface area contributed by atoms with Crippen LogP contribution in [0.25, 0.3) is 23.0 Å². The van der Waals surface area contributed by atoms with Crippen LogP contribution in [0.1, 0.15) is 30.3 Å². The van der Waals surface area contributed by atoms with Crippen molar-refractivity contribution in [2.24, 2.45) is 0 Å². The Bertz CT molecular complexity index is 1760. The molecule has 5 rings (SSSR count). The summed E-state index contributed by atoms with van der Waals surface area (Å²) in [4.78, 5) is 44.8. The van der Waals surface area contributed by atoms with Gasteiger partial charge in [0, 0.05) is 34.3 Å². The number of fused-ring (bicyclic) bond motifs is 4. The van der Waals surface area contributed by atoms with Crippen LogP contribution in [-0.4, -0.2) is 61.1 Å². The Hall–Kier alpha value is -5.44. The van der Waals surface area contributed by atoms with Crippen molar-refractivity contribution in [3.05, 3.63) is 83.6 Å². The summed E-state index contributed by atoms with van der Waals surface area (Å²) in [7, 11) is 1.17. The van der Waals surface area contributed by atoms with E-state index < -0.39 is 36.3 Å². The maximum Gasteiger partial charge on any atom is 0.411 e. The van der Waals surface area contributed by atoms with Gasteiger partial charge in [-0.1, -0.05) is 23.8 Å². The van der Waals surface area contributed by atoms with E-state index in [9.17, 15) is 23.2 Å². The molecule has 3 heterocycles. The average molecular weight is 624 g/mol. The lowest BCUT2D eigenvalue weighted by atomic mass is 10.1. The Morgan fingerprint density at radius 2 is 2.05 bits per heavy atom.